The third-order valence-corrected chi connectivity index (χ3v) is 4.87. The van der Waals surface area contributed by atoms with Gasteiger partial charge in [0.05, 0.1) is 5.60 Å². The molecule has 0 radical (unpaired) electrons. The minimum Gasteiger partial charge on any atom is -0.482 e. The summed E-state index contributed by atoms with van der Waals surface area (Å²) in [5.74, 6) is -1.30. The number of halogens is 2. The fourth-order valence-electron chi connectivity index (χ4n) is 2.12. The second-order valence-electron chi connectivity index (χ2n) is 5.92. The molecule has 1 aromatic carbocycles. The van der Waals surface area contributed by atoms with Crippen molar-refractivity contribution in [2.24, 2.45) is 0 Å². The van der Waals surface area contributed by atoms with Crippen molar-refractivity contribution in [3.05, 3.63) is 29.8 Å². The van der Waals surface area contributed by atoms with Gasteiger partial charge in [-0.3, -0.25) is 4.55 Å². The van der Waals surface area contributed by atoms with Gasteiger partial charge in [-0.05, 0) is 30.5 Å². The highest BCUT2D eigenvalue weighted by Crippen LogP contribution is 2.26. The maximum atomic E-state index is 13.1. The fourth-order valence-corrected chi connectivity index (χ4v) is 2.42. The van der Waals surface area contributed by atoms with Crippen LogP contribution in [-0.4, -0.2) is 52.9 Å². The summed E-state index contributed by atoms with van der Waals surface area (Å²) >= 11 is 0. The minimum atomic E-state index is -5.97. The number of hydrogen-bond donors (Lipinski definition) is 3. The van der Waals surface area contributed by atoms with Crippen LogP contribution in [-0.2, 0) is 26.1 Å². The molecule has 1 unspecified atom stereocenters. The zero-order valence-electron chi connectivity index (χ0n) is 14.8. The van der Waals surface area contributed by atoms with Crippen molar-refractivity contribution in [1.29, 1.82) is 0 Å². The second kappa shape index (κ2) is 8.91. The Kier molecular flexibility index (Phi) is 7.66. The van der Waals surface area contributed by atoms with Gasteiger partial charge in [0.15, 0.2) is 6.61 Å². The van der Waals surface area contributed by atoms with Crippen LogP contribution >= 0.6 is 0 Å². The lowest BCUT2D eigenvalue weighted by Crippen LogP contribution is -2.44. The van der Waals surface area contributed by atoms with Gasteiger partial charge in [0, 0.05) is 6.42 Å². The van der Waals surface area contributed by atoms with Crippen LogP contribution in [0.1, 0.15) is 32.3 Å². The molecule has 0 saturated heterocycles. The first-order valence-corrected chi connectivity index (χ1v) is 9.45. The molecule has 0 aliphatic carbocycles. The summed E-state index contributed by atoms with van der Waals surface area (Å²) in [6.07, 6.45) is -2.00. The van der Waals surface area contributed by atoms with E-state index in [0.717, 1.165) is 0 Å². The van der Waals surface area contributed by atoms with E-state index in [2.05, 4.69) is 4.74 Å². The van der Waals surface area contributed by atoms with Gasteiger partial charge in [0.25, 0.3) is 6.29 Å². The van der Waals surface area contributed by atoms with Crippen molar-refractivity contribution in [3.63, 3.8) is 0 Å². The molecule has 0 saturated carbocycles. The summed E-state index contributed by atoms with van der Waals surface area (Å²) in [6.45, 7) is 2.79. The predicted octanol–water partition coefficient (Wildman–Crippen LogP) is 1.50. The largest absolute Gasteiger partial charge is 0.482 e. The first-order chi connectivity index (χ1) is 12.3. The third kappa shape index (κ3) is 6.38. The van der Waals surface area contributed by atoms with Crippen LogP contribution in [0.2, 0.25) is 0 Å². The molecule has 0 aliphatic heterocycles. The van der Waals surface area contributed by atoms with E-state index in [1.54, 1.807) is 12.1 Å². The van der Waals surface area contributed by atoms with Crippen molar-refractivity contribution in [1.82, 2.24) is 0 Å². The number of aliphatic hydroxyl groups excluding tert-OH is 1. The van der Waals surface area contributed by atoms with Crippen LogP contribution in [0, 0.1) is 0 Å². The van der Waals surface area contributed by atoms with E-state index in [9.17, 15) is 27.1 Å². The number of alkyl halides is 2. The summed E-state index contributed by atoms with van der Waals surface area (Å²) in [6, 6.07) is 6.34. The van der Waals surface area contributed by atoms with Crippen LogP contribution in [0.3, 0.4) is 0 Å². The minimum absolute atomic E-state index is 0.176. The smallest absolute Gasteiger partial charge is 0.430 e. The molecule has 154 valence electrons. The molecule has 27 heavy (non-hydrogen) atoms. The number of rotatable bonds is 10. The predicted molar refractivity (Wildman–Crippen MR) is 89.8 cm³/mol. The van der Waals surface area contributed by atoms with Crippen LogP contribution in [0.4, 0.5) is 8.78 Å². The Hall–Kier alpha value is -1.82. The van der Waals surface area contributed by atoms with E-state index in [-0.39, 0.29) is 5.75 Å². The number of carbonyl (C=O) groups excluding carboxylic acids is 1. The van der Waals surface area contributed by atoms with E-state index in [1.165, 1.54) is 12.1 Å². The number of benzene rings is 1. The molecule has 0 aromatic heterocycles. The first-order valence-electron chi connectivity index (χ1n) is 8.01. The lowest BCUT2D eigenvalue weighted by Gasteiger charge is -2.25. The third-order valence-electron chi connectivity index (χ3n) is 3.98. The number of esters is 1. The standard InChI is InChI=1S/C16H22F2O8S/c1-3-15(21,4-2)9-11-6-5-7-12(8-11)25-10-13(19)26-14(20)16(17,18)27(22,23)24/h5-8,14,20-21H,3-4,9-10H2,1-2H3,(H,22,23,24). The molecule has 11 heteroatoms. The Morgan fingerprint density at radius 2 is 1.85 bits per heavy atom. The van der Waals surface area contributed by atoms with Crippen molar-refractivity contribution in [2.45, 2.75) is 50.3 Å². The van der Waals surface area contributed by atoms with Crippen molar-refractivity contribution < 1.29 is 46.2 Å². The van der Waals surface area contributed by atoms with E-state index in [0.29, 0.717) is 24.8 Å². The summed E-state index contributed by atoms with van der Waals surface area (Å²) < 4.78 is 64.4. The summed E-state index contributed by atoms with van der Waals surface area (Å²) in [5.41, 5.74) is -0.187. The van der Waals surface area contributed by atoms with Gasteiger partial charge in [-0.25, -0.2) is 4.79 Å². The molecule has 1 atom stereocenters. The maximum absolute atomic E-state index is 13.1. The van der Waals surface area contributed by atoms with Crippen LogP contribution in [0.25, 0.3) is 0 Å². The first kappa shape index (κ1) is 23.2. The summed E-state index contributed by atoms with van der Waals surface area (Å²) in [4.78, 5) is 11.4. The van der Waals surface area contributed by atoms with Gasteiger partial charge in [-0.1, -0.05) is 26.0 Å². The summed E-state index contributed by atoms with van der Waals surface area (Å²) in [5, 5.41) is 14.3. The molecule has 0 aliphatic rings. The number of hydrogen-bond acceptors (Lipinski definition) is 7. The average molecular weight is 412 g/mol. The van der Waals surface area contributed by atoms with E-state index < -0.39 is 39.8 Å². The lowest BCUT2D eigenvalue weighted by atomic mass is 9.89. The fraction of sp³-hybridized carbons (Fsp3) is 0.562. The molecular formula is C16H22F2O8S. The zero-order valence-corrected chi connectivity index (χ0v) is 15.6. The topological polar surface area (TPSA) is 130 Å². The second-order valence-corrected chi connectivity index (χ2v) is 7.42. The Labute approximate surface area is 155 Å². The summed E-state index contributed by atoms with van der Waals surface area (Å²) in [7, 11) is -5.97. The Bertz CT molecular complexity index is 747. The molecule has 0 amide bonds. The Morgan fingerprint density at radius 3 is 2.37 bits per heavy atom. The van der Waals surface area contributed by atoms with Crippen LogP contribution in [0.5, 0.6) is 5.75 Å². The highest BCUT2D eigenvalue weighted by molar-refractivity contribution is 7.86. The molecule has 0 heterocycles. The van der Waals surface area contributed by atoms with E-state index in [1.807, 2.05) is 13.8 Å². The van der Waals surface area contributed by atoms with E-state index in [4.69, 9.17) is 14.4 Å². The molecule has 0 bridgehead atoms. The number of carbonyl (C=O) groups is 1. The molecule has 1 rings (SSSR count). The average Bonchev–Trinajstić information content (AvgIpc) is 2.59. The quantitative estimate of drug-likeness (QED) is 0.299. The van der Waals surface area contributed by atoms with Gasteiger partial charge in [0.2, 0.25) is 0 Å². The van der Waals surface area contributed by atoms with Crippen LogP contribution < -0.4 is 4.74 Å². The molecule has 0 spiro atoms. The normalized spacial score (nSPS) is 13.9. The van der Waals surface area contributed by atoms with Crippen LogP contribution in [0.15, 0.2) is 24.3 Å². The van der Waals surface area contributed by atoms with Crippen molar-refractivity contribution in [2.75, 3.05) is 6.61 Å². The number of ether oxygens (including phenoxy) is 2. The SMILES string of the molecule is CCC(O)(CC)Cc1cccc(OCC(=O)OC(O)C(F)(F)S(=O)(=O)O)c1. The molecule has 3 N–H and O–H groups in total. The van der Waals surface area contributed by atoms with Gasteiger partial charge in [-0.2, -0.15) is 17.2 Å². The van der Waals surface area contributed by atoms with Gasteiger partial charge >= 0.3 is 21.3 Å². The number of aliphatic hydroxyl groups is 2. The molecular weight excluding hydrogens is 390 g/mol. The molecule has 0 fully saturated rings. The Balaban J connectivity index is 2.68. The molecule has 1 aromatic rings. The van der Waals surface area contributed by atoms with Crippen molar-refractivity contribution >= 4 is 16.1 Å². The Morgan fingerprint density at radius 1 is 1.26 bits per heavy atom. The lowest BCUT2D eigenvalue weighted by molar-refractivity contribution is -0.206. The van der Waals surface area contributed by atoms with Gasteiger partial charge in [0.1, 0.15) is 5.75 Å². The van der Waals surface area contributed by atoms with Crippen molar-refractivity contribution in [3.8, 4) is 5.75 Å². The maximum Gasteiger partial charge on any atom is 0.430 e. The highest BCUT2D eigenvalue weighted by Gasteiger charge is 2.54. The highest BCUT2D eigenvalue weighted by atomic mass is 32.2. The van der Waals surface area contributed by atoms with Gasteiger partial charge < -0.3 is 19.7 Å². The van der Waals surface area contributed by atoms with Gasteiger partial charge in [-0.15, -0.1) is 0 Å². The monoisotopic (exact) mass is 412 g/mol. The van der Waals surface area contributed by atoms with E-state index >= 15 is 0 Å². The molecule has 8 nitrogen and oxygen atoms in total. The zero-order chi connectivity index (χ0) is 20.9.